The molecule has 5 rings (SSSR count). The summed E-state index contributed by atoms with van der Waals surface area (Å²) in [7, 11) is 0. The van der Waals surface area contributed by atoms with Crippen LogP contribution in [0, 0.1) is 0 Å². The second kappa shape index (κ2) is 7.30. The molecule has 0 aliphatic rings. The van der Waals surface area contributed by atoms with Crippen molar-refractivity contribution in [2.75, 3.05) is 5.32 Å². The minimum absolute atomic E-state index is 0.523. The van der Waals surface area contributed by atoms with Gasteiger partial charge in [0.1, 0.15) is 17.0 Å². The van der Waals surface area contributed by atoms with Crippen LogP contribution in [-0.4, -0.2) is 9.97 Å². The maximum Gasteiger partial charge on any atom is 0.143 e. The van der Waals surface area contributed by atoms with E-state index in [1.807, 2.05) is 0 Å². The van der Waals surface area contributed by atoms with E-state index in [9.17, 15) is 0 Å². The molecule has 0 saturated heterocycles. The van der Waals surface area contributed by atoms with E-state index >= 15 is 0 Å². The first-order valence-corrected chi connectivity index (χ1v) is 10.7. The number of aromatic nitrogens is 2. The smallest absolute Gasteiger partial charge is 0.143 e. The molecule has 29 heavy (non-hydrogen) atoms. The fraction of sp³-hybridized carbons (Fsp3) is 0.120. The van der Waals surface area contributed by atoms with Crippen LogP contribution < -0.4 is 5.32 Å². The van der Waals surface area contributed by atoms with E-state index in [2.05, 4.69) is 101 Å². The molecule has 3 nitrogen and oxygen atoms in total. The Morgan fingerprint density at radius 1 is 0.862 bits per heavy atom. The molecule has 0 radical (unpaired) electrons. The van der Waals surface area contributed by atoms with Crippen LogP contribution in [0.25, 0.3) is 32.1 Å². The Labute approximate surface area is 174 Å². The molecule has 0 atom stereocenters. The van der Waals surface area contributed by atoms with Crippen LogP contribution in [0.1, 0.15) is 25.3 Å². The zero-order chi connectivity index (χ0) is 19.8. The molecule has 0 amide bonds. The summed E-state index contributed by atoms with van der Waals surface area (Å²) < 4.78 is 0. The van der Waals surface area contributed by atoms with Crippen LogP contribution in [0.4, 0.5) is 11.5 Å². The summed E-state index contributed by atoms with van der Waals surface area (Å²) in [5, 5.41) is 9.21. The zero-order valence-corrected chi connectivity index (χ0v) is 17.2. The van der Waals surface area contributed by atoms with E-state index in [0.717, 1.165) is 21.7 Å². The van der Waals surface area contributed by atoms with E-state index in [1.165, 1.54) is 27.5 Å². The molecule has 2 heterocycles. The number of rotatable bonds is 4. The molecule has 2 aromatic heterocycles. The van der Waals surface area contributed by atoms with Gasteiger partial charge in [0.25, 0.3) is 0 Å². The average Bonchev–Trinajstić information content (AvgIpc) is 3.19. The minimum Gasteiger partial charge on any atom is -0.339 e. The van der Waals surface area contributed by atoms with Gasteiger partial charge in [-0.15, -0.1) is 11.3 Å². The molecule has 142 valence electrons. The molecular weight excluding hydrogens is 374 g/mol. The van der Waals surface area contributed by atoms with E-state index in [1.54, 1.807) is 17.7 Å². The third kappa shape index (κ3) is 3.26. The van der Waals surface area contributed by atoms with Crippen LogP contribution in [0.5, 0.6) is 0 Å². The van der Waals surface area contributed by atoms with Crippen molar-refractivity contribution in [3.8, 4) is 11.1 Å². The summed E-state index contributed by atoms with van der Waals surface area (Å²) >= 11 is 1.66. The topological polar surface area (TPSA) is 37.8 Å². The number of hydrogen-bond donors (Lipinski definition) is 1. The highest BCUT2D eigenvalue weighted by atomic mass is 32.1. The van der Waals surface area contributed by atoms with Crippen LogP contribution in [-0.2, 0) is 0 Å². The Morgan fingerprint density at radius 3 is 2.48 bits per heavy atom. The predicted molar refractivity (Wildman–Crippen MR) is 124 cm³/mol. The second-order valence-corrected chi connectivity index (χ2v) is 8.34. The average molecular weight is 396 g/mol. The highest BCUT2D eigenvalue weighted by molar-refractivity contribution is 7.17. The standard InChI is InChI=1S/C25H21N3S/c1-16(2)17-10-12-19(13-11-17)21-14-29-25-23(21)24(26-15-27-25)28-22-9-5-7-18-6-3-4-8-20(18)22/h3-16H,1-2H3,(H,26,27,28). The molecule has 0 fully saturated rings. The maximum absolute atomic E-state index is 4.60. The van der Waals surface area contributed by atoms with E-state index in [4.69, 9.17) is 0 Å². The lowest BCUT2D eigenvalue weighted by molar-refractivity contribution is 0.867. The predicted octanol–water partition coefficient (Wildman–Crippen LogP) is 7.38. The molecule has 0 aliphatic carbocycles. The first-order valence-electron chi connectivity index (χ1n) is 9.78. The van der Waals surface area contributed by atoms with Crippen molar-refractivity contribution in [2.24, 2.45) is 0 Å². The summed E-state index contributed by atoms with van der Waals surface area (Å²) in [4.78, 5) is 10.1. The minimum atomic E-state index is 0.523. The summed E-state index contributed by atoms with van der Waals surface area (Å²) in [6.07, 6.45) is 1.64. The van der Waals surface area contributed by atoms with Crippen LogP contribution in [0.15, 0.2) is 78.4 Å². The second-order valence-electron chi connectivity index (χ2n) is 7.48. The number of nitrogens with zero attached hydrogens (tertiary/aromatic N) is 2. The lowest BCUT2D eigenvalue weighted by Gasteiger charge is -2.11. The van der Waals surface area contributed by atoms with Gasteiger partial charge in [-0.05, 0) is 28.5 Å². The monoisotopic (exact) mass is 395 g/mol. The Morgan fingerprint density at radius 2 is 1.66 bits per heavy atom. The largest absolute Gasteiger partial charge is 0.339 e. The van der Waals surface area contributed by atoms with E-state index in [-0.39, 0.29) is 0 Å². The number of anilines is 2. The van der Waals surface area contributed by atoms with Crippen LogP contribution in [0.3, 0.4) is 0 Å². The molecule has 0 aliphatic heterocycles. The Balaban J connectivity index is 1.62. The number of thiophene rings is 1. The van der Waals surface area contributed by atoms with Crippen molar-refractivity contribution in [3.05, 3.63) is 84.0 Å². The SMILES string of the molecule is CC(C)c1ccc(-c2csc3ncnc(Nc4cccc5ccccc45)c23)cc1. The van der Waals surface area contributed by atoms with Crippen molar-refractivity contribution < 1.29 is 0 Å². The number of hydrogen-bond acceptors (Lipinski definition) is 4. The molecule has 1 N–H and O–H groups in total. The van der Waals surface area contributed by atoms with Gasteiger partial charge in [0, 0.05) is 22.0 Å². The van der Waals surface area contributed by atoms with Gasteiger partial charge in [0.2, 0.25) is 0 Å². The number of nitrogens with one attached hydrogen (secondary N) is 1. The van der Waals surface area contributed by atoms with E-state index in [0.29, 0.717) is 5.92 Å². The Bertz CT molecular complexity index is 1300. The first-order chi connectivity index (χ1) is 14.2. The summed E-state index contributed by atoms with van der Waals surface area (Å²) in [6, 6.07) is 23.5. The highest BCUT2D eigenvalue weighted by Gasteiger charge is 2.14. The van der Waals surface area contributed by atoms with Gasteiger partial charge in [-0.1, -0.05) is 74.5 Å². The fourth-order valence-corrected chi connectivity index (χ4v) is 4.61. The molecule has 0 unspecified atom stereocenters. The van der Waals surface area contributed by atoms with Gasteiger partial charge >= 0.3 is 0 Å². The quantitative estimate of drug-likeness (QED) is 0.345. The number of fused-ring (bicyclic) bond motifs is 2. The lowest BCUT2D eigenvalue weighted by Crippen LogP contribution is -1.96. The number of benzene rings is 3. The van der Waals surface area contributed by atoms with Gasteiger partial charge in [-0.3, -0.25) is 0 Å². The molecule has 4 heteroatoms. The highest BCUT2D eigenvalue weighted by Crippen LogP contribution is 2.38. The fourth-order valence-electron chi connectivity index (χ4n) is 3.69. The van der Waals surface area contributed by atoms with E-state index < -0.39 is 0 Å². The van der Waals surface area contributed by atoms with Crippen molar-refractivity contribution in [2.45, 2.75) is 19.8 Å². The third-order valence-electron chi connectivity index (χ3n) is 5.30. The van der Waals surface area contributed by atoms with Gasteiger partial charge in [-0.25, -0.2) is 9.97 Å². The van der Waals surface area contributed by atoms with Crippen molar-refractivity contribution >= 4 is 43.8 Å². The maximum atomic E-state index is 4.60. The first kappa shape index (κ1) is 17.8. The Hall–Kier alpha value is -3.24. The molecule has 3 aromatic carbocycles. The van der Waals surface area contributed by atoms with Gasteiger partial charge < -0.3 is 5.32 Å². The van der Waals surface area contributed by atoms with Gasteiger partial charge in [0.05, 0.1) is 5.39 Å². The van der Waals surface area contributed by atoms with Crippen LogP contribution in [0.2, 0.25) is 0 Å². The Kier molecular flexibility index (Phi) is 4.49. The summed E-state index contributed by atoms with van der Waals surface area (Å²) in [5.41, 5.74) is 4.76. The summed E-state index contributed by atoms with van der Waals surface area (Å²) in [5.74, 6) is 1.37. The molecule has 0 bridgehead atoms. The van der Waals surface area contributed by atoms with Crippen molar-refractivity contribution in [3.63, 3.8) is 0 Å². The van der Waals surface area contributed by atoms with Gasteiger partial charge in [0.15, 0.2) is 0 Å². The molecular formula is C25H21N3S. The third-order valence-corrected chi connectivity index (χ3v) is 6.19. The molecule has 5 aromatic rings. The zero-order valence-electron chi connectivity index (χ0n) is 16.4. The van der Waals surface area contributed by atoms with Crippen molar-refractivity contribution in [1.29, 1.82) is 0 Å². The lowest BCUT2D eigenvalue weighted by atomic mass is 9.99. The van der Waals surface area contributed by atoms with Crippen LogP contribution >= 0.6 is 11.3 Å². The molecule has 0 saturated carbocycles. The molecule has 0 spiro atoms. The van der Waals surface area contributed by atoms with Gasteiger partial charge in [-0.2, -0.15) is 0 Å². The normalized spacial score (nSPS) is 11.4. The summed E-state index contributed by atoms with van der Waals surface area (Å²) in [6.45, 7) is 4.43. The van der Waals surface area contributed by atoms with Crippen molar-refractivity contribution in [1.82, 2.24) is 9.97 Å².